The molecule has 0 saturated heterocycles. The first-order valence-corrected chi connectivity index (χ1v) is 8.59. The van der Waals surface area contributed by atoms with Crippen LogP contribution in [0.5, 0.6) is 11.5 Å². The molecule has 1 amide bonds. The lowest BCUT2D eigenvalue weighted by molar-refractivity contribution is 0.102. The van der Waals surface area contributed by atoms with Crippen LogP contribution in [-0.2, 0) is 0 Å². The fraction of sp³-hybridized carbons (Fsp3) is 0.143. The Labute approximate surface area is 158 Å². The van der Waals surface area contributed by atoms with Gasteiger partial charge in [-0.2, -0.15) is 0 Å². The van der Waals surface area contributed by atoms with E-state index in [-0.39, 0.29) is 5.91 Å². The van der Waals surface area contributed by atoms with E-state index in [9.17, 15) is 4.79 Å². The summed E-state index contributed by atoms with van der Waals surface area (Å²) in [5, 5.41) is 6.04. The lowest BCUT2D eigenvalue weighted by atomic mass is 10.2. The number of pyridine rings is 1. The van der Waals surface area contributed by atoms with Gasteiger partial charge in [-0.1, -0.05) is 0 Å². The fourth-order valence-corrected chi connectivity index (χ4v) is 2.47. The largest absolute Gasteiger partial charge is 0.497 e. The molecule has 0 atom stereocenters. The maximum atomic E-state index is 12.5. The van der Waals surface area contributed by atoms with Crippen LogP contribution in [0.4, 0.5) is 17.2 Å². The number of anilines is 3. The smallest absolute Gasteiger partial charge is 0.255 e. The Kier molecular flexibility index (Phi) is 5.89. The summed E-state index contributed by atoms with van der Waals surface area (Å²) in [7, 11) is 1.60. The summed E-state index contributed by atoms with van der Waals surface area (Å²) >= 11 is 0. The van der Waals surface area contributed by atoms with E-state index in [1.807, 2.05) is 31.2 Å². The summed E-state index contributed by atoms with van der Waals surface area (Å²) in [4.78, 5) is 16.7. The van der Waals surface area contributed by atoms with Gasteiger partial charge in [0.1, 0.15) is 17.3 Å². The van der Waals surface area contributed by atoms with Gasteiger partial charge in [0.15, 0.2) is 0 Å². The average Bonchev–Trinajstić information content (AvgIpc) is 2.70. The second-order valence-electron chi connectivity index (χ2n) is 5.69. The molecule has 2 aromatic carbocycles. The van der Waals surface area contributed by atoms with Gasteiger partial charge in [-0.25, -0.2) is 4.98 Å². The number of methoxy groups -OCH3 is 1. The van der Waals surface area contributed by atoms with Crippen LogP contribution in [0.1, 0.15) is 17.3 Å². The number of aromatic nitrogens is 1. The SMILES string of the molecule is CCOc1ccc(Nc2cc(C(=O)Nc3ccc(OC)cc3)ccn2)cc1. The monoisotopic (exact) mass is 363 g/mol. The molecule has 0 saturated carbocycles. The summed E-state index contributed by atoms with van der Waals surface area (Å²) in [5.74, 6) is 1.92. The highest BCUT2D eigenvalue weighted by molar-refractivity contribution is 6.04. The Bertz CT molecular complexity index is 893. The Balaban J connectivity index is 1.67. The molecule has 2 N–H and O–H groups in total. The number of nitrogens with zero attached hydrogens (tertiary/aromatic N) is 1. The molecule has 3 aromatic rings. The van der Waals surface area contributed by atoms with E-state index < -0.39 is 0 Å². The number of nitrogens with one attached hydrogen (secondary N) is 2. The van der Waals surface area contributed by atoms with Crippen LogP contribution in [0.15, 0.2) is 66.9 Å². The number of carbonyl (C=O) groups is 1. The zero-order valence-corrected chi connectivity index (χ0v) is 15.2. The van der Waals surface area contributed by atoms with Crippen molar-refractivity contribution in [3.05, 3.63) is 72.4 Å². The van der Waals surface area contributed by atoms with E-state index in [2.05, 4.69) is 15.6 Å². The van der Waals surface area contributed by atoms with Crippen molar-refractivity contribution in [1.29, 1.82) is 0 Å². The molecule has 0 fully saturated rings. The molecular weight excluding hydrogens is 342 g/mol. The van der Waals surface area contributed by atoms with E-state index in [4.69, 9.17) is 9.47 Å². The van der Waals surface area contributed by atoms with Crippen LogP contribution >= 0.6 is 0 Å². The minimum absolute atomic E-state index is 0.211. The Morgan fingerprint density at radius 2 is 1.63 bits per heavy atom. The Morgan fingerprint density at radius 3 is 2.30 bits per heavy atom. The number of benzene rings is 2. The van der Waals surface area contributed by atoms with Crippen molar-refractivity contribution in [2.24, 2.45) is 0 Å². The van der Waals surface area contributed by atoms with Crippen LogP contribution in [-0.4, -0.2) is 24.6 Å². The fourth-order valence-electron chi connectivity index (χ4n) is 2.47. The predicted octanol–water partition coefficient (Wildman–Crippen LogP) is 4.48. The molecule has 6 nitrogen and oxygen atoms in total. The van der Waals surface area contributed by atoms with Crippen molar-refractivity contribution >= 4 is 23.1 Å². The maximum absolute atomic E-state index is 12.5. The van der Waals surface area contributed by atoms with Crippen LogP contribution in [0.25, 0.3) is 0 Å². The van der Waals surface area contributed by atoms with Gasteiger partial charge < -0.3 is 20.1 Å². The minimum atomic E-state index is -0.211. The molecule has 1 heterocycles. The van der Waals surface area contributed by atoms with Crippen molar-refractivity contribution in [3.8, 4) is 11.5 Å². The summed E-state index contributed by atoms with van der Waals surface area (Å²) in [6, 6.07) is 18.1. The topological polar surface area (TPSA) is 72.5 Å². The number of amides is 1. The average molecular weight is 363 g/mol. The van der Waals surface area contributed by atoms with E-state index in [0.717, 1.165) is 17.2 Å². The van der Waals surface area contributed by atoms with Crippen molar-refractivity contribution in [3.63, 3.8) is 0 Å². The number of hydrogen-bond acceptors (Lipinski definition) is 5. The van der Waals surface area contributed by atoms with Gasteiger partial charge in [0.25, 0.3) is 5.91 Å². The van der Waals surface area contributed by atoms with Crippen molar-refractivity contribution in [1.82, 2.24) is 4.98 Å². The van der Waals surface area contributed by atoms with Gasteiger partial charge in [0.2, 0.25) is 0 Å². The van der Waals surface area contributed by atoms with Gasteiger partial charge in [0, 0.05) is 23.1 Å². The highest BCUT2D eigenvalue weighted by Crippen LogP contribution is 2.20. The lowest BCUT2D eigenvalue weighted by Gasteiger charge is -2.09. The number of hydrogen-bond donors (Lipinski definition) is 2. The number of rotatable bonds is 7. The second-order valence-corrected chi connectivity index (χ2v) is 5.69. The van der Waals surface area contributed by atoms with Crippen LogP contribution in [0, 0.1) is 0 Å². The van der Waals surface area contributed by atoms with Crippen molar-refractivity contribution in [2.75, 3.05) is 24.4 Å². The van der Waals surface area contributed by atoms with Crippen LogP contribution in [0.3, 0.4) is 0 Å². The minimum Gasteiger partial charge on any atom is -0.497 e. The second kappa shape index (κ2) is 8.71. The molecule has 27 heavy (non-hydrogen) atoms. The number of ether oxygens (including phenoxy) is 2. The van der Waals surface area contributed by atoms with E-state index in [0.29, 0.717) is 23.7 Å². The molecule has 1 aromatic heterocycles. The summed E-state index contributed by atoms with van der Waals surface area (Å²) < 4.78 is 10.5. The lowest BCUT2D eigenvalue weighted by Crippen LogP contribution is -2.12. The molecule has 0 spiro atoms. The van der Waals surface area contributed by atoms with Gasteiger partial charge in [-0.05, 0) is 67.6 Å². The van der Waals surface area contributed by atoms with Gasteiger partial charge >= 0.3 is 0 Å². The molecule has 6 heteroatoms. The highest BCUT2D eigenvalue weighted by atomic mass is 16.5. The predicted molar refractivity (Wildman–Crippen MR) is 106 cm³/mol. The van der Waals surface area contributed by atoms with Crippen molar-refractivity contribution < 1.29 is 14.3 Å². The Morgan fingerprint density at radius 1 is 0.963 bits per heavy atom. The molecular formula is C21H21N3O3. The highest BCUT2D eigenvalue weighted by Gasteiger charge is 2.08. The normalized spacial score (nSPS) is 10.1. The molecule has 0 radical (unpaired) electrons. The van der Waals surface area contributed by atoms with Gasteiger partial charge in [-0.15, -0.1) is 0 Å². The van der Waals surface area contributed by atoms with Crippen LogP contribution in [0.2, 0.25) is 0 Å². The van der Waals surface area contributed by atoms with E-state index in [1.54, 1.807) is 49.7 Å². The third-order valence-electron chi connectivity index (χ3n) is 3.81. The maximum Gasteiger partial charge on any atom is 0.255 e. The zero-order chi connectivity index (χ0) is 19.1. The number of carbonyl (C=O) groups excluding carboxylic acids is 1. The molecule has 0 aliphatic heterocycles. The third-order valence-corrected chi connectivity index (χ3v) is 3.81. The molecule has 0 aliphatic rings. The summed E-state index contributed by atoms with van der Waals surface area (Å²) in [5.41, 5.74) is 2.06. The Hall–Kier alpha value is -3.54. The van der Waals surface area contributed by atoms with E-state index >= 15 is 0 Å². The first-order valence-electron chi connectivity index (χ1n) is 8.59. The molecule has 3 rings (SSSR count). The first kappa shape index (κ1) is 18.3. The summed E-state index contributed by atoms with van der Waals surface area (Å²) in [6.45, 7) is 2.57. The zero-order valence-electron chi connectivity index (χ0n) is 15.2. The molecule has 0 bridgehead atoms. The molecule has 138 valence electrons. The standard InChI is InChI=1S/C21H21N3O3/c1-3-27-19-10-6-16(7-11-19)23-20-14-15(12-13-22-20)21(25)24-17-4-8-18(26-2)9-5-17/h4-14H,3H2,1-2H3,(H,22,23)(H,24,25). The van der Waals surface area contributed by atoms with Gasteiger partial charge in [0.05, 0.1) is 13.7 Å². The molecule has 0 unspecified atom stereocenters. The molecule has 0 aliphatic carbocycles. The third kappa shape index (κ3) is 4.98. The van der Waals surface area contributed by atoms with Crippen molar-refractivity contribution in [2.45, 2.75) is 6.92 Å². The van der Waals surface area contributed by atoms with Gasteiger partial charge in [-0.3, -0.25) is 4.79 Å². The van der Waals surface area contributed by atoms with Crippen LogP contribution < -0.4 is 20.1 Å². The summed E-state index contributed by atoms with van der Waals surface area (Å²) in [6.07, 6.45) is 1.60. The quantitative estimate of drug-likeness (QED) is 0.647. The first-order chi connectivity index (χ1) is 13.2. The van der Waals surface area contributed by atoms with E-state index in [1.165, 1.54) is 0 Å².